The first-order valence-corrected chi connectivity index (χ1v) is 7.32. The molecular weight excluding hydrogens is 262 g/mol. The number of guanidine groups is 1. The molecule has 21 heavy (non-hydrogen) atoms. The van der Waals surface area contributed by atoms with E-state index in [4.69, 9.17) is 0 Å². The van der Waals surface area contributed by atoms with Crippen LogP contribution in [-0.4, -0.2) is 29.3 Å². The first-order chi connectivity index (χ1) is 10.3. The van der Waals surface area contributed by atoms with Crippen LogP contribution < -0.4 is 10.6 Å². The molecule has 2 N–H and O–H groups in total. The van der Waals surface area contributed by atoms with Crippen molar-refractivity contribution < 1.29 is 0 Å². The molecule has 0 saturated carbocycles. The van der Waals surface area contributed by atoms with Gasteiger partial charge >= 0.3 is 0 Å². The van der Waals surface area contributed by atoms with Crippen molar-refractivity contribution in [3.63, 3.8) is 0 Å². The summed E-state index contributed by atoms with van der Waals surface area (Å²) < 4.78 is 1.93. The van der Waals surface area contributed by atoms with E-state index in [0.29, 0.717) is 0 Å². The van der Waals surface area contributed by atoms with Crippen LogP contribution in [0.5, 0.6) is 0 Å². The standard InChI is InChI=1S/C16H23N5/c1-3-9-18-16(17-2)19-12-14-7-4-5-8-15(14)13-21-11-6-10-20-21/h4-8,10-11H,3,9,12-13H2,1-2H3,(H2,17,18,19). The molecule has 2 aromatic rings. The van der Waals surface area contributed by atoms with Crippen molar-refractivity contribution in [2.45, 2.75) is 26.4 Å². The predicted octanol–water partition coefficient (Wildman–Crippen LogP) is 2.01. The average molecular weight is 285 g/mol. The van der Waals surface area contributed by atoms with Crippen LogP contribution in [0.4, 0.5) is 0 Å². The minimum Gasteiger partial charge on any atom is -0.356 e. The van der Waals surface area contributed by atoms with E-state index in [1.165, 1.54) is 11.1 Å². The Kier molecular flexibility index (Phi) is 5.82. The minimum atomic E-state index is 0.751. The lowest BCUT2D eigenvalue weighted by Gasteiger charge is -2.14. The van der Waals surface area contributed by atoms with Crippen molar-refractivity contribution in [2.24, 2.45) is 4.99 Å². The van der Waals surface area contributed by atoms with E-state index in [9.17, 15) is 0 Å². The van der Waals surface area contributed by atoms with E-state index in [0.717, 1.165) is 32.0 Å². The number of aromatic nitrogens is 2. The smallest absolute Gasteiger partial charge is 0.191 e. The third kappa shape index (κ3) is 4.63. The lowest BCUT2D eigenvalue weighted by molar-refractivity contribution is 0.677. The zero-order valence-electron chi connectivity index (χ0n) is 12.7. The van der Waals surface area contributed by atoms with Gasteiger partial charge in [-0.15, -0.1) is 0 Å². The number of benzene rings is 1. The Balaban J connectivity index is 1.99. The van der Waals surface area contributed by atoms with Crippen LogP contribution in [0.1, 0.15) is 24.5 Å². The minimum absolute atomic E-state index is 0.751. The maximum Gasteiger partial charge on any atom is 0.191 e. The van der Waals surface area contributed by atoms with Crippen LogP contribution >= 0.6 is 0 Å². The van der Waals surface area contributed by atoms with Crippen molar-refractivity contribution in [3.05, 3.63) is 53.9 Å². The summed E-state index contributed by atoms with van der Waals surface area (Å²) in [6.07, 6.45) is 4.86. The van der Waals surface area contributed by atoms with Crippen LogP contribution in [-0.2, 0) is 13.1 Å². The van der Waals surface area contributed by atoms with E-state index in [1.54, 1.807) is 13.2 Å². The van der Waals surface area contributed by atoms with E-state index in [1.807, 2.05) is 16.9 Å². The SMILES string of the molecule is CCCNC(=NC)NCc1ccccc1Cn1cccn1. The predicted molar refractivity (Wildman–Crippen MR) is 86.3 cm³/mol. The summed E-state index contributed by atoms with van der Waals surface area (Å²) in [5.74, 6) is 0.839. The molecule has 112 valence electrons. The highest BCUT2D eigenvalue weighted by molar-refractivity contribution is 5.79. The summed E-state index contributed by atoms with van der Waals surface area (Å²) in [4.78, 5) is 4.22. The Morgan fingerprint density at radius 3 is 2.67 bits per heavy atom. The fourth-order valence-corrected chi connectivity index (χ4v) is 2.10. The third-order valence-electron chi connectivity index (χ3n) is 3.22. The maximum atomic E-state index is 4.26. The number of hydrogen-bond donors (Lipinski definition) is 2. The van der Waals surface area contributed by atoms with Gasteiger partial charge in [0.25, 0.3) is 0 Å². The second kappa shape index (κ2) is 8.09. The van der Waals surface area contributed by atoms with E-state index < -0.39 is 0 Å². The third-order valence-corrected chi connectivity index (χ3v) is 3.22. The molecule has 1 aromatic heterocycles. The Hall–Kier alpha value is -2.30. The molecule has 5 nitrogen and oxygen atoms in total. The molecular formula is C16H23N5. The van der Waals surface area contributed by atoms with Gasteiger partial charge in [-0.2, -0.15) is 5.10 Å². The highest BCUT2D eigenvalue weighted by Gasteiger charge is 2.04. The van der Waals surface area contributed by atoms with Crippen LogP contribution in [0.15, 0.2) is 47.7 Å². The van der Waals surface area contributed by atoms with E-state index in [2.05, 4.69) is 51.9 Å². The van der Waals surface area contributed by atoms with Gasteiger partial charge in [-0.25, -0.2) is 0 Å². The van der Waals surface area contributed by atoms with Gasteiger partial charge in [0.1, 0.15) is 0 Å². The van der Waals surface area contributed by atoms with Crippen LogP contribution in [0.25, 0.3) is 0 Å². The number of aliphatic imine (C=N–C) groups is 1. The molecule has 2 rings (SSSR count). The Bertz CT molecular complexity index is 560. The van der Waals surface area contributed by atoms with Crippen LogP contribution in [0.3, 0.4) is 0 Å². The zero-order chi connectivity index (χ0) is 14.9. The molecule has 0 aliphatic rings. The zero-order valence-corrected chi connectivity index (χ0v) is 12.7. The lowest BCUT2D eigenvalue weighted by atomic mass is 10.1. The molecule has 1 aromatic carbocycles. The second-order valence-electron chi connectivity index (χ2n) is 4.82. The molecule has 0 amide bonds. The molecule has 0 saturated heterocycles. The highest BCUT2D eigenvalue weighted by atomic mass is 15.3. The van der Waals surface area contributed by atoms with Crippen molar-refractivity contribution in [1.82, 2.24) is 20.4 Å². The van der Waals surface area contributed by atoms with Gasteiger partial charge in [-0.3, -0.25) is 9.67 Å². The molecule has 0 aliphatic carbocycles. The Labute approximate surface area is 126 Å². The maximum absolute atomic E-state index is 4.26. The summed E-state index contributed by atoms with van der Waals surface area (Å²) in [6.45, 7) is 4.60. The monoisotopic (exact) mass is 285 g/mol. The second-order valence-corrected chi connectivity index (χ2v) is 4.82. The first kappa shape index (κ1) is 15.1. The highest BCUT2D eigenvalue weighted by Crippen LogP contribution is 2.10. The van der Waals surface area contributed by atoms with Crippen molar-refractivity contribution in [3.8, 4) is 0 Å². The van der Waals surface area contributed by atoms with Crippen molar-refractivity contribution in [1.29, 1.82) is 0 Å². The van der Waals surface area contributed by atoms with E-state index in [-0.39, 0.29) is 0 Å². The number of hydrogen-bond acceptors (Lipinski definition) is 2. The molecule has 0 atom stereocenters. The summed E-state index contributed by atoms with van der Waals surface area (Å²) in [5, 5.41) is 10.9. The van der Waals surface area contributed by atoms with Gasteiger partial charge in [0.15, 0.2) is 5.96 Å². The molecule has 0 unspecified atom stereocenters. The Morgan fingerprint density at radius 1 is 1.19 bits per heavy atom. The normalized spacial score (nSPS) is 11.4. The number of rotatable bonds is 6. The van der Waals surface area contributed by atoms with Crippen molar-refractivity contribution in [2.75, 3.05) is 13.6 Å². The number of nitrogens with one attached hydrogen (secondary N) is 2. The summed E-state index contributed by atoms with van der Waals surface area (Å²) >= 11 is 0. The van der Waals surface area contributed by atoms with E-state index >= 15 is 0 Å². The van der Waals surface area contributed by atoms with Gasteiger partial charge in [0, 0.05) is 32.5 Å². The molecule has 5 heteroatoms. The van der Waals surface area contributed by atoms with Crippen LogP contribution in [0.2, 0.25) is 0 Å². The topological polar surface area (TPSA) is 54.2 Å². The molecule has 0 spiro atoms. The summed E-state index contributed by atoms with van der Waals surface area (Å²) in [6, 6.07) is 10.3. The fourth-order valence-electron chi connectivity index (χ4n) is 2.10. The van der Waals surface area contributed by atoms with Gasteiger partial charge < -0.3 is 10.6 Å². The van der Waals surface area contributed by atoms with Gasteiger partial charge in [-0.1, -0.05) is 31.2 Å². The largest absolute Gasteiger partial charge is 0.356 e. The summed E-state index contributed by atoms with van der Waals surface area (Å²) in [5.41, 5.74) is 2.52. The van der Waals surface area contributed by atoms with Crippen LogP contribution in [0, 0.1) is 0 Å². The average Bonchev–Trinajstić information content (AvgIpc) is 3.02. The summed E-state index contributed by atoms with van der Waals surface area (Å²) in [7, 11) is 1.79. The molecule has 0 bridgehead atoms. The lowest BCUT2D eigenvalue weighted by Crippen LogP contribution is -2.37. The van der Waals surface area contributed by atoms with Gasteiger partial charge in [0.2, 0.25) is 0 Å². The number of nitrogens with zero attached hydrogens (tertiary/aromatic N) is 3. The molecule has 1 heterocycles. The quantitative estimate of drug-likeness (QED) is 0.630. The first-order valence-electron chi connectivity index (χ1n) is 7.32. The van der Waals surface area contributed by atoms with Gasteiger partial charge in [-0.05, 0) is 23.6 Å². The molecule has 0 aliphatic heterocycles. The Morgan fingerprint density at radius 2 is 2.00 bits per heavy atom. The van der Waals surface area contributed by atoms with Crippen molar-refractivity contribution >= 4 is 5.96 Å². The van der Waals surface area contributed by atoms with Gasteiger partial charge in [0.05, 0.1) is 6.54 Å². The fraction of sp³-hybridized carbons (Fsp3) is 0.375. The molecule has 0 fully saturated rings. The molecule has 0 radical (unpaired) electrons.